The van der Waals surface area contributed by atoms with Crippen LogP contribution in [0.3, 0.4) is 0 Å². The second-order valence-electron chi connectivity index (χ2n) is 5.34. The van der Waals surface area contributed by atoms with Crippen LogP contribution in [0.25, 0.3) is 0 Å². The molecular formula is C16H23NO2. The molecule has 1 saturated heterocycles. The van der Waals surface area contributed by atoms with Crippen molar-refractivity contribution < 1.29 is 9.53 Å². The molecule has 2 rings (SSSR count). The molecule has 1 aliphatic rings. The van der Waals surface area contributed by atoms with Gasteiger partial charge in [-0.05, 0) is 63.0 Å². The van der Waals surface area contributed by atoms with Gasteiger partial charge in [0.05, 0.1) is 13.2 Å². The van der Waals surface area contributed by atoms with Gasteiger partial charge in [-0.2, -0.15) is 0 Å². The van der Waals surface area contributed by atoms with Gasteiger partial charge >= 0.3 is 0 Å². The van der Waals surface area contributed by atoms with E-state index in [0.717, 1.165) is 30.3 Å². The fraction of sp³-hybridized carbons (Fsp3) is 0.562. The first kappa shape index (κ1) is 14.1. The van der Waals surface area contributed by atoms with E-state index in [1.807, 2.05) is 31.2 Å². The highest BCUT2D eigenvalue weighted by molar-refractivity contribution is 5.97. The lowest BCUT2D eigenvalue weighted by Crippen LogP contribution is -2.36. The third kappa shape index (κ3) is 4.06. The maximum atomic E-state index is 12.2. The highest BCUT2D eigenvalue weighted by Gasteiger charge is 2.18. The standard InChI is InChI=1S/C16H23NO2/c1-3-19-15-6-4-14(5-7-15)16(18)12-17-10-8-13(2)9-11-17/h4-7,13H,3,8-12H2,1-2H3. The van der Waals surface area contributed by atoms with E-state index in [2.05, 4.69) is 11.8 Å². The third-order valence-electron chi connectivity index (χ3n) is 3.73. The molecule has 1 fully saturated rings. The zero-order valence-corrected chi connectivity index (χ0v) is 11.9. The van der Waals surface area contributed by atoms with E-state index < -0.39 is 0 Å². The number of nitrogens with zero attached hydrogens (tertiary/aromatic N) is 1. The molecule has 0 radical (unpaired) electrons. The van der Waals surface area contributed by atoms with Crippen LogP contribution in [-0.4, -0.2) is 36.9 Å². The molecule has 3 heteroatoms. The van der Waals surface area contributed by atoms with Gasteiger partial charge in [-0.15, -0.1) is 0 Å². The van der Waals surface area contributed by atoms with Crippen molar-refractivity contribution in [3.05, 3.63) is 29.8 Å². The Morgan fingerprint density at radius 2 is 1.89 bits per heavy atom. The van der Waals surface area contributed by atoms with Crippen LogP contribution in [0.15, 0.2) is 24.3 Å². The van der Waals surface area contributed by atoms with E-state index in [9.17, 15) is 4.79 Å². The predicted octanol–water partition coefficient (Wildman–Crippen LogP) is 3.00. The molecule has 0 unspecified atom stereocenters. The summed E-state index contributed by atoms with van der Waals surface area (Å²) in [6.45, 7) is 7.52. The number of carbonyl (C=O) groups excluding carboxylic acids is 1. The molecule has 104 valence electrons. The normalized spacial score (nSPS) is 17.4. The first-order chi connectivity index (χ1) is 9.19. The Balaban J connectivity index is 1.88. The van der Waals surface area contributed by atoms with E-state index in [0.29, 0.717) is 13.2 Å². The molecule has 3 nitrogen and oxygen atoms in total. The molecule has 1 aromatic rings. The van der Waals surface area contributed by atoms with Crippen LogP contribution in [0, 0.1) is 5.92 Å². The number of hydrogen-bond acceptors (Lipinski definition) is 3. The van der Waals surface area contributed by atoms with Crippen molar-refractivity contribution in [2.24, 2.45) is 5.92 Å². The minimum absolute atomic E-state index is 0.206. The monoisotopic (exact) mass is 261 g/mol. The highest BCUT2D eigenvalue weighted by Crippen LogP contribution is 2.17. The van der Waals surface area contributed by atoms with Crippen LogP contribution >= 0.6 is 0 Å². The van der Waals surface area contributed by atoms with Crippen LogP contribution in [0.5, 0.6) is 5.75 Å². The lowest BCUT2D eigenvalue weighted by molar-refractivity contribution is 0.0900. The second kappa shape index (κ2) is 6.71. The lowest BCUT2D eigenvalue weighted by Gasteiger charge is -2.29. The minimum atomic E-state index is 0.206. The Morgan fingerprint density at radius 3 is 2.47 bits per heavy atom. The molecule has 0 atom stereocenters. The summed E-state index contributed by atoms with van der Waals surface area (Å²) in [5.41, 5.74) is 0.780. The van der Waals surface area contributed by atoms with Crippen molar-refractivity contribution in [2.75, 3.05) is 26.2 Å². The summed E-state index contributed by atoms with van der Waals surface area (Å²) in [5, 5.41) is 0. The predicted molar refractivity (Wildman–Crippen MR) is 76.8 cm³/mol. The van der Waals surface area contributed by atoms with E-state index in [1.54, 1.807) is 0 Å². The van der Waals surface area contributed by atoms with Crippen molar-refractivity contribution in [1.29, 1.82) is 0 Å². The van der Waals surface area contributed by atoms with E-state index >= 15 is 0 Å². The van der Waals surface area contributed by atoms with Crippen LogP contribution in [0.4, 0.5) is 0 Å². The van der Waals surface area contributed by atoms with Gasteiger partial charge in [-0.3, -0.25) is 9.69 Å². The number of hydrogen-bond donors (Lipinski definition) is 0. The fourth-order valence-corrected chi connectivity index (χ4v) is 2.42. The van der Waals surface area contributed by atoms with Gasteiger partial charge in [0.1, 0.15) is 5.75 Å². The molecular weight excluding hydrogens is 238 g/mol. The van der Waals surface area contributed by atoms with Gasteiger partial charge in [-0.25, -0.2) is 0 Å². The summed E-state index contributed by atoms with van der Waals surface area (Å²) < 4.78 is 5.38. The number of piperidine rings is 1. The third-order valence-corrected chi connectivity index (χ3v) is 3.73. The Labute approximate surface area is 115 Å². The van der Waals surface area contributed by atoms with Crippen LogP contribution < -0.4 is 4.74 Å². The van der Waals surface area contributed by atoms with Gasteiger partial charge < -0.3 is 4.74 Å². The summed E-state index contributed by atoms with van der Waals surface area (Å²) in [6, 6.07) is 7.46. The maximum Gasteiger partial charge on any atom is 0.176 e. The second-order valence-corrected chi connectivity index (χ2v) is 5.34. The molecule has 1 aromatic carbocycles. The molecule has 19 heavy (non-hydrogen) atoms. The molecule has 1 aliphatic heterocycles. The summed E-state index contributed by atoms with van der Waals surface area (Å²) in [5.74, 6) is 1.83. The number of ketones is 1. The zero-order valence-electron chi connectivity index (χ0n) is 11.9. The number of Topliss-reactive ketones (excluding diaryl/α,β-unsaturated/α-hetero) is 1. The SMILES string of the molecule is CCOc1ccc(C(=O)CN2CCC(C)CC2)cc1. The minimum Gasteiger partial charge on any atom is -0.494 e. The van der Waals surface area contributed by atoms with Crippen molar-refractivity contribution in [1.82, 2.24) is 4.90 Å². The van der Waals surface area contributed by atoms with Crippen molar-refractivity contribution in [3.8, 4) is 5.75 Å². The average Bonchev–Trinajstić information content (AvgIpc) is 2.42. The summed E-state index contributed by atoms with van der Waals surface area (Å²) in [7, 11) is 0. The molecule has 0 aliphatic carbocycles. The van der Waals surface area contributed by atoms with Gasteiger partial charge in [0.15, 0.2) is 5.78 Å². The van der Waals surface area contributed by atoms with Gasteiger partial charge in [-0.1, -0.05) is 6.92 Å². The molecule has 0 N–H and O–H groups in total. The maximum absolute atomic E-state index is 12.2. The topological polar surface area (TPSA) is 29.5 Å². The van der Waals surface area contributed by atoms with Gasteiger partial charge in [0, 0.05) is 5.56 Å². The largest absolute Gasteiger partial charge is 0.494 e. The molecule has 0 amide bonds. The van der Waals surface area contributed by atoms with Gasteiger partial charge in [0.25, 0.3) is 0 Å². The van der Waals surface area contributed by atoms with Crippen molar-refractivity contribution in [2.45, 2.75) is 26.7 Å². The average molecular weight is 261 g/mol. The van der Waals surface area contributed by atoms with E-state index in [1.165, 1.54) is 12.8 Å². The Kier molecular flexibility index (Phi) is 4.97. The number of likely N-dealkylation sites (tertiary alicyclic amines) is 1. The Morgan fingerprint density at radius 1 is 1.26 bits per heavy atom. The quantitative estimate of drug-likeness (QED) is 0.763. The molecule has 0 aromatic heterocycles. The van der Waals surface area contributed by atoms with Crippen LogP contribution in [-0.2, 0) is 0 Å². The van der Waals surface area contributed by atoms with Crippen LogP contribution in [0.1, 0.15) is 37.0 Å². The van der Waals surface area contributed by atoms with E-state index in [-0.39, 0.29) is 5.78 Å². The summed E-state index contributed by atoms with van der Waals surface area (Å²) in [6.07, 6.45) is 2.41. The smallest absolute Gasteiger partial charge is 0.176 e. The Bertz CT molecular complexity index is 405. The molecule has 0 bridgehead atoms. The number of benzene rings is 1. The zero-order chi connectivity index (χ0) is 13.7. The number of ether oxygens (including phenoxy) is 1. The summed E-state index contributed by atoms with van der Waals surface area (Å²) in [4.78, 5) is 14.4. The Hall–Kier alpha value is -1.35. The molecule has 1 heterocycles. The van der Waals surface area contributed by atoms with Crippen molar-refractivity contribution >= 4 is 5.78 Å². The molecule has 0 saturated carbocycles. The highest BCUT2D eigenvalue weighted by atomic mass is 16.5. The van der Waals surface area contributed by atoms with Crippen molar-refractivity contribution in [3.63, 3.8) is 0 Å². The van der Waals surface area contributed by atoms with E-state index in [4.69, 9.17) is 4.74 Å². The fourth-order valence-electron chi connectivity index (χ4n) is 2.42. The summed E-state index contributed by atoms with van der Waals surface area (Å²) >= 11 is 0. The van der Waals surface area contributed by atoms with Crippen LogP contribution in [0.2, 0.25) is 0 Å². The molecule has 0 spiro atoms. The van der Waals surface area contributed by atoms with Gasteiger partial charge in [0.2, 0.25) is 0 Å². The number of carbonyl (C=O) groups is 1. The first-order valence-corrected chi connectivity index (χ1v) is 7.17. The lowest BCUT2D eigenvalue weighted by atomic mass is 9.99. The number of rotatable bonds is 5. The first-order valence-electron chi connectivity index (χ1n) is 7.17.